The fourth-order valence-corrected chi connectivity index (χ4v) is 2.27. The van der Waals surface area contributed by atoms with E-state index in [-0.39, 0.29) is 18.4 Å². The summed E-state index contributed by atoms with van der Waals surface area (Å²) in [6.07, 6.45) is -0.0955. The van der Waals surface area contributed by atoms with Crippen molar-refractivity contribution in [2.45, 2.75) is 52.7 Å². The first kappa shape index (κ1) is 23.8. The highest BCUT2D eigenvalue weighted by Gasteiger charge is 2.23. The van der Waals surface area contributed by atoms with E-state index < -0.39 is 23.6 Å². The molecule has 4 N–H and O–H groups in total. The highest BCUT2D eigenvalue weighted by Crippen LogP contribution is 2.11. The minimum absolute atomic E-state index is 0.0313. The first-order chi connectivity index (χ1) is 13.5. The molecular formula is C20H29N5O4. The van der Waals surface area contributed by atoms with Gasteiger partial charge in [-0.1, -0.05) is 25.1 Å². The van der Waals surface area contributed by atoms with Crippen LogP contribution >= 0.6 is 0 Å². The molecule has 29 heavy (non-hydrogen) atoms. The zero-order valence-electron chi connectivity index (χ0n) is 17.5. The number of alkyl carbamates (subject to hydrolysis) is 1. The van der Waals surface area contributed by atoms with Gasteiger partial charge in [0.1, 0.15) is 5.60 Å². The number of benzene rings is 1. The molecule has 0 aliphatic rings. The molecule has 0 saturated carbocycles. The Labute approximate surface area is 171 Å². The minimum atomic E-state index is -0.643. The van der Waals surface area contributed by atoms with Crippen molar-refractivity contribution in [3.05, 3.63) is 29.8 Å². The molecule has 1 unspecified atom stereocenters. The lowest BCUT2D eigenvalue weighted by atomic mass is 10.0. The average Bonchev–Trinajstić information content (AvgIpc) is 2.59. The molecule has 158 valence electrons. The largest absolute Gasteiger partial charge is 0.444 e. The quantitative estimate of drug-likeness (QED) is 0.346. The topological polar surface area (TPSA) is 139 Å². The number of nitrogens with one attached hydrogen (secondary N) is 2. The molecular weight excluding hydrogens is 374 g/mol. The van der Waals surface area contributed by atoms with Gasteiger partial charge in [-0.3, -0.25) is 4.79 Å². The first-order valence-electron chi connectivity index (χ1n) is 9.25. The van der Waals surface area contributed by atoms with Crippen molar-refractivity contribution >= 4 is 23.5 Å². The van der Waals surface area contributed by atoms with E-state index in [2.05, 4.69) is 15.8 Å². The molecule has 1 atom stereocenters. The molecule has 0 heterocycles. The molecule has 0 aromatic heterocycles. The van der Waals surface area contributed by atoms with Crippen LogP contribution < -0.4 is 16.4 Å². The van der Waals surface area contributed by atoms with Crippen LogP contribution in [0.1, 0.15) is 46.6 Å². The van der Waals surface area contributed by atoms with Crippen molar-refractivity contribution in [3.63, 3.8) is 0 Å². The molecule has 0 fully saturated rings. The molecule has 1 aromatic carbocycles. The van der Waals surface area contributed by atoms with Crippen molar-refractivity contribution in [2.24, 2.45) is 16.8 Å². The monoisotopic (exact) mass is 403 g/mol. The highest BCUT2D eigenvalue weighted by atomic mass is 16.6. The number of nitriles is 1. The first-order valence-corrected chi connectivity index (χ1v) is 9.25. The summed E-state index contributed by atoms with van der Waals surface area (Å²) >= 11 is 0. The van der Waals surface area contributed by atoms with Gasteiger partial charge in [-0.15, -0.1) is 0 Å². The normalized spacial score (nSPS) is 12.7. The molecule has 0 bridgehead atoms. The third kappa shape index (κ3) is 10.0. The van der Waals surface area contributed by atoms with Crippen LogP contribution in [0.5, 0.6) is 0 Å². The van der Waals surface area contributed by atoms with Gasteiger partial charge in [0.05, 0.1) is 17.7 Å². The van der Waals surface area contributed by atoms with E-state index in [9.17, 15) is 9.59 Å². The fraction of sp³-hybridized carbons (Fsp3) is 0.500. The molecule has 1 rings (SSSR count). The van der Waals surface area contributed by atoms with Crippen LogP contribution in [0.15, 0.2) is 29.4 Å². The second-order valence-corrected chi connectivity index (χ2v) is 7.86. The number of carbonyl (C=O) groups is 2. The Kier molecular flexibility index (Phi) is 8.93. The maximum Gasteiger partial charge on any atom is 0.408 e. The van der Waals surface area contributed by atoms with Crippen LogP contribution in [0, 0.1) is 17.2 Å². The van der Waals surface area contributed by atoms with Gasteiger partial charge in [0.25, 0.3) is 5.91 Å². The lowest BCUT2D eigenvalue weighted by Gasteiger charge is -2.24. The summed E-state index contributed by atoms with van der Waals surface area (Å²) in [7, 11) is 0. The maximum absolute atomic E-state index is 12.0. The van der Waals surface area contributed by atoms with E-state index in [1.54, 1.807) is 45.0 Å². The van der Waals surface area contributed by atoms with E-state index in [4.69, 9.17) is 20.6 Å². The van der Waals surface area contributed by atoms with Gasteiger partial charge >= 0.3 is 6.09 Å². The van der Waals surface area contributed by atoms with Gasteiger partial charge in [-0.25, -0.2) is 4.79 Å². The zero-order chi connectivity index (χ0) is 22.0. The van der Waals surface area contributed by atoms with Gasteiger partial charge in [0.2, 0.25) is 0 Å². The number of carbonyl (C=O) groups excluding carboxylic acids is 2. The molecule has 0 spiro atoms. The van der Waals surface area contributed by atoms with Gasteiger partial charge in [-0.05, 0) is 51.3 Å². The van der Waals surface area contributed by atoms with Crippen molar-refractivity contribution in [2.75, 3.05) is 11.9 Å². The van der Waals surface area contributed by atoms with Crippen LogP contribution in [0.25, 0.3) is 0 Å². The summed E-state index contributed by atoms with van der Waals surface area (Å²) in [5.41, 5.74) is 6.20. The maximum atomic E-state index is 12.0. The predicted molar refractivity (Wildman–Crippen MR) is 110 cm³/mol. The van der Waals surface area contributed by atoms with Crippen molar-refractivity contribution < 1.29 is 19.2 Å². The van der Waals surface area contributed by atoms with Crippen LogP contribution in [-0.2, 0) is 14.4 Å². The summed E-state index contributed by atoms with van der Waals surface area (Å²) in [6.45, 7) is 8.85. The van der Waals surface area contributed by atoms with Crippen molar-refractivity contribution in [1.29, 1.82) is 5.26 Å². The standard InChI is InChI=1S/C20H29N5O4/c1-13(2)9-16(24-19(27)29-20(3,4)5)18(22)25-28-12-17(26)23-15-8-6-7-14(10-15)11-21/h6-8,10,13,16H,9,12H2,1-5H3,(H2,22,25)(H,23,26)(H,24,27). The molecule has 0 aliphatic carbocycles. The second kappa shape index (κ2) is 10.9. The Balaban J connectivity index is 2.64. The van der Waals surface area contributed by atoms with Gasteiger partial charge < -0.3 is 25.9 Å². The highest BCUT2D eigenvalue weighted by molar-refractivity contribution is 5.92. The summed E-state index contributed by atoms with van der Waals surface area (Å²) < 4.78 is 5.24. The number of hydrogen-bond acceptors (Lipinski definition) is 6. The Morgan fingerprint density at radius 2 is 2.00 bits per heavy atom. The Hall–Kier alpha value is -3.28. The molecule has 1 aromatic rings. The molecule has 2 amide bonds. The molecule has 0 aliphatic heterocycles. The van der Waals surface area contributed by atoms with E-state index in [0.717, 1.165) is 0 Å². The van der Waals surface area contributed by atoms with Gasteiger partial charge in [0.15, 0.2) is 12.4 Å². The van der Waals surface area contributed by atoms with E-state index in [1.807, 2.05) is 19.9 Å². The van der Waals surface area contributed by atoms with Crippen LogP contribution in [0.4, 0.5) is 10.5 Å². The number of nitrogens with zero attached hydrogens (tertiary/aromatic N) is 2. The predicted octanol–water partition coefficient (Wildman–Crippen LogP) is 2.72. The second-order valence-electron chi connectivity index (χ2n) is 7.86. The van der Waals surface area contributed by atoms with Crippen molar-refractivity contribution in [1.82, 2.24) is 5.32 Å². The van der Waals surface area contributed by atoms with E-state index in [1.165, 1.54) is 0 Å². The summed E-state index contributed by atoms with van der Waals surface area (Å²) in [4.78, 5) is 29.0. The third-order valence-corrected chi connectivity index (χ3v) is 3.40. The minimum Gasteiger partial charge on any atom is -0.444 e. The van der Waals surface area contributed by atoms with Crippen LogP contribution in [0.2, 0.25) is 0 Å². The number of ether oxygens (including phenoxy) is 1. The Morgan fingerprint density at radius 1 is 1.31 bits per heavy atom. The summed E-state index contributed by atoms with van der Waals surface area (Å²) in [5.74, 6) is -0.208. The number of amides is 2. The van der Waals surface area contributed by atoms with Crippen LogP contribution in [0.3, 0.4) is 0 Å². The molecule has 9 heteroatoms. The Bertz CT molecular complexity index is 778. The number of oxime groups is 1. The number of anilines is 1. The zero-order valence-corrected chi connectivity index (χ0v) is 17.5. The fourth-order valence-electron chi connectivity index (χ4n) is 2.27. The number of rotatable bonds is 8. The van der Waals surface area contributed by atoms with E-state index in [0.29, 0.717) is 17.7 Å². The SMILES string of the molecule is CC(C)CC(NC(=O)OC(C)(C)C)/C(N)=N/OCC(=O)Nc1cccc(C#N)c1. The summed E-state index contributed by atoms with van der Waals surface area (Å²) in [5, 5.41) is 17.9. The van der Waals surface area contributed by atoms with E-state index >= 15 is 0 Å². The Morgan fingerprint density at radius 3 is 2.59 bits per heavy atom. The smallest absolute Gasteiger partial charge is 0.408 e. The van der Waals surface area contributed by atoms with Crippen molar-refractivity contribution in [3.8, 4) is 6.07 Å². The molecule has 0 radical (unpaired) electrons. The molecule has 9 nitrogen and oxygen atoms in total. The average molecular weight is 403 g/mol. The number of amidine groups is 1. The number of hydrogen-bond donors (Lipinski definition) is 3. The lowest BCUT2D eigenvalue weighted by molar-refractivity contribution is -0.120. The molecule has 0 saturated heterocycles. The van der Waals surface area contributed by atoms with Crippen LogP contribution in [-0.4, -0.2) is 36.1 Å². The van der Waals surface area contributed by atoms with Gasteiger partial charge in [0, 0.05) is 5.69 Å². The third-order valence-electron chi connectivity index (χ3n) is 3.40. The van der Waals surface area contributed by atoms with Gasteiger partial charge in [-0.2, -0.15) is 5.26 Å². The summed E-state index contributed by atoms with van der Waals surface area (Å²) in [6, 6.07) is 7.87. The number of nitrogens with two attached hydrogens (primary N) is 1. The lowest BCUT2D eigenvalue weighted by Crippen LogP contribution is -2.47.